The van der Waals surface area contributed by atoms with Gasteiger partial charge in [-0.3, -0.25) is 4.79 Å². The Morgan fingerprint density at radius 2 is 1.96 bits per heavy atom. The summed E-state index contributed by atoms with van der Waals surface area (Å²) < 4.78 is 31.9. The van der Waals surface area contributed by atoms with E-state index in [2.05, 4.69) is 15.6 Å². The number of rotatable bonds is 6. The van der Waals surface area contributed by atoms with Crippen LogP contribution in [0.1, 0.15) is 22.3 Å². The van der Waals surface area contributed by atoms with Gasteiger partial charge in [-0.15, -0.1) is 0 Å². The zero-order valence-corrected chi connectivity index (χ0v) is 15.5. The molecule has 1 aromatic heterocycles. The summed E-state index contributed by atoms with van der Waals surface area (Å²) in [6, 6.07) is 10.6. The van der Waals surface area contributed by atoms with Crippen LogP contribution >= 0.6 is 11.3 Å². The second kappa shape index (κ2) is 8.13. The van der Waals surface area contributed by atoms with Gasteiger partial charge in [0.1, 0.15) is 10.6 Å². The van der Waals surface area contributed by atoms with Crippen molar-refractivity contribution in [1.29, 1.82) is 0 Å². The number of nitrogens with zero attached hydrogens (tertiary/aromatic N) is 1. The number of hydrogen-bond donors (Lipinski definition) is 2. The van der Waals surface area contributed by atoms with Gasteiger partial charge in [-0.25, -0.2) is 13.8 Å². The van der Waals surface area contributed by atoms with E-state index >= 15 is 0 Å². The van der Waals surface area contributed by atoms with Crippen LogP contribution in [0.3, 0.4) is 0 Å². The lowest BCUT2D eigenvalue weighted by atomic mass is 10.3. The third-order valence-corrected chi connectivity index (χ3v) is 4.68. The molecule has 8 heteroatoms. The average Bonchev–Trinajstić information content (AvgIpc) is 3.00. The van der Waals surface area contributed by atoms with Gasteiger partial charge in [0.05, 0.1) is 18.0 Å². The van der Waals surface area contributed by atoms with Gasteiger partial charge < -0.3 is 15.4 Å². The lowest BCUT2D eigenvalue weighted by Crippen LogP contribution is -2.11. The fourth-order valence-corrected chi connectivity index (χ4v) is 3.26. The van der Waals surface area contributed by atoms with Crippen LogP contribution < -0.4 is 15.4 Å². The molecule has 0 aliphatic rings. The predicted octanol–water partition coefficient (Wildman–Crippen LogP) is 5.12. The van der Waals surface area contributed by atoms with E-state index in [1.165, 1.54) is 6.07 Å². The summed E-state index contributed by atoms with van der Waals surface area (Å²) in [5.74, 6) is -1.76. The summed E-state index contributed by atoms with van der Waals surface area (Å²) in [5, 5.41) is 6.22. The van der Waals surface area contributed by atoms with E-state index in [1.807, 2.05) is 31.2 Å². The van der Waals surface area contributed by atoms with Gasteiger partial charge in [0.2, 0.25) is 0 Å². The number of ether oxygens (including phenoxy) is 1. The van der Waals surface area contributed by atoms with Crippen LogP contribution in [0.5, 0.6) is 5.75 Å². The molecule has 5 nitrogen and oxygen atoms in total. The molecule has 0 spiro atoms. The Morgan fingerprint density at radius 1 is 1.19 bits per heavy atom. The van der Waals surface area contributed by atoms with Gasteiger partial charge in [-0.2, -0.15) is 0 Å². The maximum absolute atomic E-state index is 13.3. The maximum Gasteiger partial charge on any atom is 0.267 e. The number of amides is 1. The van der Waals surface area contributed by atoms with Crippen molar-refractivity contribution in [2.24, 2.45) is 0 Å². The van der Waals surface area contributed by atoms with E-state index in [9.17, 15) is 13.6 Å². The first-order chi connectivity index (χ1) is 13.0. The molecule has 3 aromatic rings. The highest BCUT2D eigenvalue weighted by atomic mass is 32.1. The molecular formula is C19H17F2N3O2S. The van der Waals surface area contributed by atoms with Crippen LogP contribution in [0.4, 0.5) is 25.3 Å². The molecule has 0 bridgehead atoms. The summed E-state index contributed by atoms with van der Waals surface area (Å²) in [7, 11) is 0. The quantitative estimate of drug-likeness (QED) is 0.614. The Morgan fingerprint density at radius 3 is 2.70 bits per heavy atom. The molecule has 0 fully saturated rings. The molecule has 3 rings (SSSR count). The third-order valence-electron chi connectivity index (χ3n) is 3.61. The number of hydrogen-bond acceptors (Lipinski definition) is 5. The number of aromatic nitrogens is 1. The lowest BCUT2D eigenvalue weighted by molar-refractivity contribution is 0.103. The zero-order valence-electron chi connectivity index (χ0n) is 14.7. The van der Waals surface area contributed by atoms with Gasteiger partial charge in [0, 0.05) is 11.8 Å². The Labute approximate surface area is 159 Å². The van der Waals surface area contributed by atoms with Crippen LogP contribution in [0.15, 0.2) is 42.5 Å². The Kier molecular flexibility index (Phi) is 5.66. The topological polar surface area (TPSA) is 63.2 Å². The van der Waals surface area contributed by atoms with Gasteiger partial charge >= 0.3 is 0 Å². The number of aryl methyl sites for hydroxylation is 1. The highest BCUT2D eigenvalue weighted by molar-refractivity contribution is 7.17. The van der Waals surface area contributed by atoms with E-state index in [0.717, 1.165) is 29.2 Å². The van der Waals surface area contributed by atoms with Crippen LogP contribution in [0.2, 0.25) is 0 Å². The Balaban J connectivity index is 1.78. The Bertz CT molecular complexity index is 975. The summed E-state index contributed by atoms with van der Waals surface area (Å²) in [4.78, 5) is 17.2. The van der Waals surface area contributed by atoms with Crippen LogP contribution in [-0.2, 0) is 0 Å². The van der Waals surface area contributed by atoms with E-state index in [1.54, 1.807) is 6.92 Å². The fourth-order valence-electron chi connectivity index (χ4n) is 2.39. The molecule has 0 saturated heterocycles. The molecule has 1 amide bonds. The molecule has 1 heterocycles. The molecule has 27 heavy (non-hydrogen) atoms. The second-order valence-electron chi connectivity index (χ2n) is 5.57. The first kappa shape index (κ1) is 18.8. The molecule has 0 aliphatic heterocycles. The van der Waals surface area contributed by atoms with Gasteiger partial charge in [-0.1, -0.05) is 23.5 Å². The third kappa shape index (κ3) is 4.40. The molecule has 2 aromatic carbocycles. The summed E-state index contributed by atoms with van der Waals surface area (Å²) in [6.07, 6.45) is 0. The molecule has 0 unspecified atom stereocenters. The molecule has 0 atom stereocenters. The second-order valence-corrected chi connectivity index (χ2v) is 6.57. The van der Waals surface area contributed by atoms with E-state index in [-0.39, 0.29) is 5.69 Å². The van der Waals surface area contributed by atoms with Crippen LogP contribution in [0, 0.1) is 18.6 Å². The van der Waals surface area contributed by atoms with Gasteiger partial charge in [-0.05, 0) is 38.1 Å². The highest BCUT2D eigenvalue weighted by Gasteiger charge is 2.17. The minimum absolute atomic E-state index is 0.169. The maximum atomic E-state index is 13.3. The Hall–Kier alpha value is -3.00. The van der Waals surface area contributed by atoms with Crippen molar-refractivity contribution >= 4 is 33.8 Å². The number of halogens is 2. The normalized spacial score (nSPS) is 10.5. The summed E-state index contributed by atoms with van der Waals surface area (Å²) >= 11 is 1.16. The molecule has 2 N–H and O–H groups in total. The first-order valence-electron chi connectivity index (χ1n) is 8.20. The fraction of sp³-hybridized carbons (Fsp3) is 0.158. The van der Waals surface area contributed by atoms with Gasteiger partial charge in [0.25, 0.3) is 5.91 Å². The number of nitrogens with one attached hydrogen (secondary N) is 2. The number of carbonyl (C=O) groups is 1. The molecule has 0 saturated carbocycles. The van der Waals surface area contributed by atoms with E-state index in [0.29, 0.717) is 28.1 Å². The minimum atomic E-state index is -1.02. The largest absolute Gasteiger partial charge is 0.492 e. The minimum Gasteiger partial charge on any atom is -0.492 e. The van der Waals surface area contributed by atoms with Crippen LogP contribution in [-0.4, -0.2) is 17.5 Å². The molecular weight excluding hydrogens is 372 g/mol. The number of anilines is 3. The summed E-state index contributed by atoms with van der Waals surface area (Å²) in [6.45, 7) is 4.12. The van der Waals surface area contributed by atoms with Crippen molar-refractivity contribution in [1.82, 2.24) is 4.98 Å². The zero-order chi connectivity index (χ0) is 19.4. The molecule has 0 aliphatic carbocycles. The molecule has 140 valence electrons. The number of benzene rings is 2. The smallest absolute Gasteiger partial charge is 0.267 e. The van der Waals surface area contributed by atoms with Crippen molar-refractivity contribution in [2.45, 2.75) is 13.8 Å². The SMILES string of the molecule is CCOc1ccccc1Nc1nc(C)c(C(=O)Nc2ccc(F)c(F)c2)s1. The first-order valence-corrected chi connectivity index (χ1v) is 9.02. The van der Waals surface area contributed by atoms with Crippen molar-refractivity contribution < 1.29 is 18.3 Å². The summed E-state index contributed by atoms with van der Waals surface area (Å²) in [5.41, 5.74) is 1.43. The monoisotopic (exact) mass is 389 g/mol. The van der Waals surface area contributed by atoms with Gasteiger partial charge in [0.15, 0.2) is 16.8 Å². The van der Waals surface area contributed by atoms with Crippen molar-refractivity contribution in [3.8, 4) is 5.75 Å². The average molecular weight is 389 g/mol. The van der Waals surface area contributed by atoms with Crippen LogP contribution in [0.25, 0.3) is 0 Å². The number of carbonyl (C=O) groups excluding carboxylic acids is 1. The van der Waals surface area contributed by atoms with E-state index in [4.69, 9.17) is 4.74 Å². The van der Waals surface area contributed by atoms with Crippen molar-refractivity contribution in [3.63, 3.8) is 0 Å². The number of thiazole rings is 1. The number of para-hydroxylation sites is 2. The predicted molar refractivity (Wildman–Crippen MR) is 102 cm³/mol. The van der Waals surface area contributed by atoms with Crippen molar-refractivity contribution in [3.05, 3.63) is 64.7 Å². The highest BCUT2D eigenvalue weighted by Crippen LogP contribution is 2.31. The molecule has 0 radical (unpaired) electrons. The lowest BCUT2D eigenvalue weighted by Gasteiger charge is -2.09. The van der Waals surface area contributed by atoms with E-state index < -0.39 is 17.5 Å². The van der Waals surface area contributed by atoms with Crippen molar-refractivity contribution in [2.75, 3.05) is 17.2 Å². The standard InChI is InChI=1S/C19H17F2N3O2S/c1-3-26-16-7-5-4-6-15(16)24-19-22-11(2)17(27-19)18(25)23-12-8-9-13(20)14(21)10-12/h4-10H,3H2,1-2H3,(H,22,24)(H,23,25).